The molecule has 1 aliphatic rings. The van der Waals surface area contributed by atoms with Crippen molar-refractivity contribution in [3.63, 3.8) is 0 Å². The maximum Gasteiger partial charge on any atom is 0.415 e. The summed E-state index contributed by atoms with van der Waals surface area (Å²) in [6, 6.07) is 5.55. The van der Waals surface area contributed by atoms with Crippen LogP contribution in [0, 0.1) is 3.70 Å². The molecule has 0 radical (unpaired) electrons. The highest BCUT2D eigenvalue weighted by Gasteiger charge is 2.24. The third-order valence-corrected chi connectivity index (χ3v) is 2.34. The molecule has 68 valence electrons. The predicted octanol–water partition coefficient (Wildman–Crippen LogP) is 1.64. The quantitative estimate of drug-likeness (QED) is 0.583. The van der Waals surface area contributed by atoms with Crippen molar-refractivity contribution in [3.05, 3.63) is 21.9 Å². The van der Waals surface area contributed by atoms with Crippen LogP contribution in [0.15, 0.2) is 18.2 Å². The molecule has 0 unspecified atom stereocenters. The Morgan fingerprint density at radius 3 is 3.00 bits per heavy atom. The summed E-state index contributed by atoms with van der Waals surface area (Å²) in [5, 5.41) is 0. The van der Waals surface area contributed by atoms with Gasteiger partial charge in [0, 0.05) is 0 Å². The van der Waals surface area contributed by atoms with E-state index in [1.807, 2.05) is 12.1 Å². The fourth-order valence-electron chi connectivity index (χ4n) is 1.15. The first-order valence-corrected chi connectivity index (χ1v) is 4.92. The molecule has 0 bridgehead atoms. The number of pyridine rings is 1. The number of rotatable bonds is 1. The molecule has 5 heteroatoms. The number of aromatic nitrogens is 1. The number of nitrogens with zero attached hydrogens (tertiary/aromatic N) is 2. The van der Waals surface area contributed by atoms with Crippen molar-refractivity contribution in [3.8, 4) is 0 Å². The monoisotopic (exact) mass is 290 g/mol. The number of ether oxygens (including phenoxy) is 1. The summed E-state index contributed by atoms with van der Waals surface area (Å²) >= 11 is 2.11. The highest BCUT2D eigenvalue weighted by atomic mass is 127. The van der Waals surface area contributed by atoms with E-state index in [1.54, 1.807) is 6.07 Å². The van der Waals surface area contributed by atoms with E-state index in [4.69, 9.17) is 4.74 Å². The SMILES string of the molecule is O=C1OCCN1c1cccc(I)n1. The Morgan fingerprint density at radius 1 is 1.54 bits per heavy atom. The van der Waals surface area contributed by atoms with Gasteiger partial charge in [0.1, 0.15) is 16.1 Å². The van der Waals surface area contributed by atoms with Crippen LogP contribution in [0.3, 0.4) is 0 Å². The lowest BCUT2D eigenvalue weighted by Gasteiger charge is -2.10. The second kappa shape index (κ2) is 3.49. The number of halogens is 1. The van der Waals surface area contributed by atoms with E-state index in [0.717, 1.165) is 3.70 Å². The molecule has 2 rings (SSSR count). The molecule has 1 amide bonds. The molecule has 1 fully saturated rings. The van der Waals surface area contributed by atoms with Crippen LogP contribution < -0.4 is 4.90 Å². The first kappa shape index (κ1) is 8.74. The zero-order chi connectivity index (χ0) is 9.26. The van der Waals surface area contributed by atoms with Gasteiger partial charge in [-0.15, -0.1) is 0 Å². The topological polar surface area (TPSA) is 42.4 Å². The standard InChI is InChI=1S/C8H7IN2O2/c9-6-2-1-3-7(10-6)11-4-5-13-8(11)12/h1-3H,4-5H2. The Balaban J connectivity index is 2.29. The van der Waals surface area contributed by atoms with Crippen molar-refractivity contribution >= 4 is 34.5 Å². The average Bonchev–Trinajstić information content (AvgIpc) is 2.51. The Labute approximate surface area is 89.0 Å². The Morgan fingerprint density at radius 2 is 2.38 bits per heavy atom. The molecule has 4 nitrogen and oxygen atoms in total. The Kier molecular flexibility index (Phi) is 2.34. The first-order chi connectivity index (χ1) is 6.27. The molecule has 1 aromatic heterocycles. The number of carbonyl (C=O) groups is 1. The van der Waals surface area contributed by atoms with Gasteiger partial charge in [-0.2, -0.15) is 0 Å². The van der Waals surface area contributed by atoms with Gasteiger partial charge in [0.05, 0.1) is 6.54 Å². The van der Waals surface area contributed by atoms with Gasteiger partial charge in [-0.3, -0.25) is 4.90 Å². The lowest BCUT2D eigenvalue weighted by atomic mass is 10.4. The lowest BCUT2D eigenvalue weighted by Crippen LogP contribution is -2.24. The summed E-state index contributed by atoms with van der Waals surface area (Å²) in [5.74, 6) is 0.661. The van der Waals surface area contributed by atoms with Gasteiger partial charge in [0.2, 0.25) is 0 Å². The van der Waals surface area contributed by atoms with E-state index < -0.39 is 0 Å². The number of hydrogen-bond acceptors (Lipinski definition) is 3. The number of carbonyl (C=O) groups excluding carboxylic acids is 1. The summed E-state index contributed by atoms with van der Waals surface area (Å²) in [7, 11) is 0. The van der Waals surface area contributed by atoms with Crippen LogP contribution >= 0.6 is 22.6 Å². The van der Waals surface area contributed by atoms with Crippen molar-refractivity contribution in [2.45, 2.75) is 0 Å². The summed E-state index contributed by atoms with van der Waals surface area (Å²) in [4.78, 5) is 16.9. The number of anilines is 1. The predicted molar refractivity (Wildman–Crippen MR) is 55.6 cm³/mol. The minimum Gasteiger partial charge on any atom is -0.447 e. The Hall–Kier alpha value is -0.850. The van der Waals surface area contributed by atoms with Crippen molar-refractivity contribution in [2.24, 2.45) is 0 Å². The molecule has 0 aliphatic carbocycles. The maximum absolute atomic E-state index is 11.1. The Bertz CT molecular complexity index is 343. The fraction of sp³-hybridized carbons (Fsp3) is 0.250. The zero-order valence-electron chi connectivity index (χ0n) is 6.74. The van der Waals surface area contributed by atoms with E-state index in [0.29, 0.717) is 19.0 Å². The summed E-state index contributed by atoms with van der Waals surface area (Å²) in [6.45, 7) is 1.04. The average molecular weight is 290 g/mol. The molecule has 0 N–H and O–H groups in total. The number of cyclic esters (lactones) is 1. The van der Waals surface area contributed by atoms with Gasteiger partial charge in [0.25, 0.3) is 0 Å². The summed E-state index contributed by atoms with van der Waals surface area (Å²) in [5.41, 5.74) is 0. The van der Waals surface area contributed by atoms with Crippen LogP contribution in [-0.4, -0.2) is 24.2 Å². The van der Waals surface area contributed by atoms with Gasteiger partial charge in [0.15, 0.2) is 0 Å². The number of amides is 1. The normalized spacial score (nSPS) is 16.1. The summed E-state index contributed by atoms with van der Waals surface area (Å²) < 4.78 is 5.67. The number of hydrogen-bond donors (Lipinski definition) is 0. The molecule has 1 aromatic rings. The van der Waals surface area contributed by atoms with E-state index in [1.165, 1.54) is 4.90 Å². The minimum atomic E-state index is -0.311. The van der Waals surface area contributed by atoms with E-state index >= 15 is 0 Å². The second-order valence-electron chi connectivity index (χ2n) is 2.58. The molecule has 0 atom stereocenters. The molecule has 1 aliphatic heterocycles. The van der Waals surface area contributed by atoms with Gasteiger partial charge >= 0.3 is 6.09 Å². The van der Waals surface area contributed by atoms with Crippen molar-refractivity contribution < 1.29 is 9.53 Å². The van der Waals surface area contributed by atoms with Crippen molar-refractivity contribution in [1.29, 1.82) is 0 Å². The smallest absolute Gasteiger partial charge is 0.415 e. The highest BCUT2D eigenvalue weighted by molar-refractivity contribution is 14.1. The van der Waals surface area contributed by atoms with E-state index in [-0.39, 0.29) is 6.09 Å². The molecule has 2 heterocycles. The fourth-order valence-corrected chi connectivity index (χ4v) is 1.60. The van der Waals surface area contributed by atoms with E-state index in [9.17, 15) is 4.79 Å². The molecule has 0 saturated carbocycles. The minimum absolute atomic E-state index is 0.311. The molecule has 0 aromatic carbocycles. The molecular formula is C8H7IN2O2. The van der Waals surface area contributed by atoms with Crippen LogP contribution in [0.25, 0.3) is 0 Å². The van der Waals surface area contributed by atoms with Crippen LogP contribution in [-0.2, 0) is 4.74 Å². The van der Waals surface area contributed by atoms with Crippen LogP contribution in [0.4, 0.5) is 10.6 Å². The van der Waals surface area contributed by atoms with Crippen molar-refractivity contribution in [1.82, 2.24) is 4.98 Å². The zero-order valence-corrected chi connectivity index (χ0v) is 8.89. The maximum atomic E-state index is 11.1. The molecule has 13 heavy (non-hydrogen) atoms. The third kappa shape index (κ3) is 1.74. The largest absolute Gasteiger partial charge is 0.447 e. The summed E-state index contributed by atoms with van der Waals surface area (Å²) in [6.07, 6.45) is -0.311. The van der Waals surface area contributed by atoms with Crippen LogP contribution in [0.2, 0.25) is 0 Å². The molecular weight excluding hydrogens is 283 g/mol. The molecule has 0 spiro atoms. The highest BCUT2D eigenvalue weighted by Crippen LogP contribution is 2.16. The van der Waals surface area contributed by atoms with Gasteiger partial charge in [-0.25, -0.2) is 9.78 Å². The van der Waals surface area contributed by atoms with Crippen LogP contribution in [0.1, 0.15) is 0 Å². The van der Waals surface area contributed by atoms with Gasteiger partial charge < -0.3 is 4.74 Å². The second-order valence-corrected chi connectivity index (χ2v) is 3.69. The first-order valence-electron chi connectivity index (χ1n) is 3.84. The lowest BCUT2D eigenvalue weighted by molar-refractivity contribution is 0.181. The third-order valence-electron chi connectivity index (χ3n) is 1.74. The van der Waals surface area contributed by atoms with Gasteiger partial charge in [-0.05, 0) is 34.7 Å². The van der Waals surface area contributed by atoms with Crippen molar-refractivity contribution in [2.75, 3.05) is 18.1 Å². The molecule has 1 saturated heterocycles. The van der Waals surface area contributed by atoms with E-state index in [2.05, 4.69) is 27.6 Å². The van der Waals surface area contributed by atoms with Gasteiger partial charge in [-0.1, -0.05) is 6.07 Å². The van der Waals surface area contributed by atoms with Crippen LogP contribution in [0.5, 0.6) is 0 Å².